The lowest BCUT2D eigenvalue weighted by Crippen LogP contribution is -2.03. The van der Waals surface area contributed by atoms with Crippen molar-refractivity contribution >= 4 is 36.1 Å². The molecule has 0 bridgehead atoms. The second-order valence-corrected chi connectivity index (χ2v) is 4.24. The van der Waals surface area contributed by atoms with Crippen LogP contribution in [0.5, 0.6) is 0 Å². The minimum Gasteiger partial charge on any atom is -0.262 e. The van der Waals surface area contributed by atoms with Crippen molar-refractivity contribution in [1.82, 2.24) is 4.31 Å². The molecule has 0 saturated carbocycles. The van der Waals surface area contributed by atoms with Gasteiger partial charge in [0.15, 0.2) is 6.19 Å². The average Bonchev–Trinajstić information content (AvgIpc) is 2.78. The molecule has 0 aliphatic carbocycles. The van der Waals surface area contributed by atoms with Gasteiger partial charge in [0.05, 0.1) is 23.5 Å². The van der Waals surface area contributed by atoms with Crippen molar-refractivity contribution in [3.8, 4) is 6.19 Å². The highest BCUT2D eigenvalue weighted by Crippen LogP contribution is 2.53. The van der Waals surface area contributed by atoms with E-state index < -0.39 is 0 Å². The highest BCUT2D eigenvalue weighted by atomic mass is 32.2. The fourth-order valence-electron chi connectivity index (χ4n) is 1.04. The summed E-state index contributed by atoms with van der Waals surface area (Å²) in [4.78, 5) is 0.946. The van der Waals surface area contributed by atoms with Crippen LogP contribution < -0.4 is 4.31 Å². The Labute approximate surface area is 86.6 Å². The lowest BCUT2D eigenvalue weighted by molar-refractivity contribution is 0.799. The van der Waals surface area contributed by atoms with E-state index in [2.05, 4.69) is 12.6 Å². The summed E-state index contributed by atoms with van der Waals surface area (Å²) in [7, 11) is 1.73. The van der Waals surface area contributed by atoms with Crippen LogP contribution >= 0.6 is 24.8 Å². The van der Waals surface area contributed by atoms with E-state index in [1.54, 1.807) is 7.05 Å². The van der Waals surface area contributed by atoms with E-state index in [0.717, 1.165) is 16.3 Å². The molecule has 2 rings (SSSR count). The topological polar surface area (TPSA) is 30.0 Å². The molecule has 1 aromatic rings. The smallest absolute Gasteiger partial charge is 0.191 e. The number of nitriles is 1. The number of benzene rings is 1. The first-order chi connectivity index (χ1) is 6.22. The normalized spacial score (nSPS) is 11.9. The third-order valence-corrected chi connectivity index (χ3v) is 2.85. The third-order valence-electron chi connectivity index (χ3n) is 1.69. The summed E-state index contributed by atoms with van der Waals surface area (Å²) < 4.78 is 3.49. The van der Waals surface area contributed by atoms with Crippen molar-refractivity contribution in [3.05, 3.63) is 18.2 Å². The lowest BCUT2D eigenvalue weighted by Gasteiger charge is -2.06. The van der Waals surface area contributed by atoms with Crippen molar-refractivity contribution in [2.24, 2.45) is 0 Å². The molecular formula is C8H7N3S2. The molecule has 0 spiro atoms. The zero-order chi connectivity index (χ0) is 9.42. The average molecular weight is 209 g/mol. The van der Waals surface area contributed by atoms with Crippen molar-refractivity contribution < 1.29 is 0 Å². The van der Waals surface area contributed by atoms with E-state index in [-0.39, 0.29) is 0 Å². The standard InChI is InChI=1S/C8H7N3S2/c1-10(5-9)13-11-7-3-2-6(12)4-8(7)11/h2-4,12H,1H3. The van der Waals surface area contributed by atoms with E-state index in [0.29, 0.717) is 0 Å². The Morgan fingerprint density at radius 2 is 2.31 bits per heavy atom. The Bertz CT molecular complexity index is 385. The van der Waals surface area contributed by atoms with Crippen molar-refractivity contribution in [3.63, 3.8) is 0 Å². The fourth-order valence-corrected chi connectivity index (χ4v) is 1.96. The second-order valence-electron chi connectivity index (χ2n) is 2.65. The summed E-state index contributed by atoms with van der Waals surface area (Å²) in [6, 6.07) is 5.92. The molecule has 0 amide bonds. The molecule has 0 N–H and O–H groups in total. The number of thiol groups is 1. The summed E-state index contributed by atoms with van der Waals surface area (Å²) in [6.07, 6.45) is 2.02. The highest BCUT2D eigenvalue weighted by Gasteiger charge is 2.31. The van der Waals surface area contributed by atoms with Crippen LogP contribution in [0.25, 0.3) is 0 Å². The molecule has 5 heteroatoms. The Morgan fingerprint density at radius 1 is 1.54 bits per heavy atom. The molecule has 0 saturated heterocycles. The van der Waals surface area contributed by atoms with Crippen molar-refractivity contribution in [2.75, 3.05) is 11.4 Å². The maximum Gasteiger partial charge on any atom is 0.191 e. The Balaban J connectivity index is 2.08. The Kier molecular flexibility index (Phi) is 2.02. The van der Waals surface area contributed by atoms with Gasteiger partial charge in [0.2, 0.25) is 0 Å². The number of anilines is 2. The lowest BCUT2D eigenvalue weighted by atomic mass is 10.4. The van der Waals surface area contributed by atoms with E-state index in [1.165, 1.54) is 16.4 Å². The molecule has 0 unspecified atom stereocenters. The predicted octanol–water partition coefficient (Wildman–Crippen LogP) is 2.40. The molecule has 3 nitrogen and oxygen atoms in total. The molecule has 0 aromatic heterocycles. The first-order valence-electron chi connectivity index (χ1n) is 3.67. The number of nitrogens with zero attached hydrogens (tertiary/aromatic N) is 3. The van der Waals surface area contributed by atoms with Crippen LogP contribution in [0.4, 0.5) is 11.4 Å². The van der Waals surface area contributed by atoms with Crippen LogP contribution in [0.15, 0.2) is 23.1 Å². The van der Waals surface area contributed by atoms with Gasteiger partial charge in [-0.3, -0.25) is 4.31 Å². The summed E-state index contributed by atoms with van der Waals surface area (Å²) in [5, 5.41) is 8.56. The van der Waals surface area contributed by atoms with E-state index in [9.17, 15) is 0 Å². The summed E-state index contributed by atoms with van der Waals surface area (Å²) in [6.45, 7) is 0. The zero-order valence-electron chi connectivity index (χ0n) is 6.93. The van der Waals surface area contributed by atoms with Gasteiger partial charge in [0.25, 0.3) is 0 Å². The summed E-state index contributed by atoms with van der Waals surface area (Å²) in [5.74, 6) is 0. The van der Waals surface area contributed by atoms with E-state index in [1.807, 2.05) is 28.7 Å². The molecule has 13 heavy (non-hydrogen) atoms. The SMILES string of the molecule is CN(C#N)SN1c2ccc(S)cc21. The number of hydrogen-bond acceptors (Lipinski definition) is 5. The minimum absolute atomic E-state index is 0.946. The van der Waals surface area contributed by atoms with Gasteiger partial charge in [0.1, 0.15) is 0 Å². The molecule has 1 heterocycles. The van der Waals surface area contributed by atoms with Crippen molar-refractivity contribution in [2.45, 2.75) is 4.90 Å². The molecule has 1 aromatic carbocycles. The molecule has 0 fully saturated rings. The highest BCUT2D eigenvalue weighted by molar-refractivity contribution is 7.99. The van der Waals surface area contributed by atoms with E-state index in [4.69, 9.17) is 5.26 Å². The maximum absolute atomic E-state index is 8.56. The predicted molar refractivity (Wildman–Crippen MR) is 56.8 cm³/mol. The summed E-state index contributed by atoms with van der Waals surface area (Å²) >= 11 is 5.60. The van der Waals surface area contributed by atoms with Crippen molar-refractivity contribution in [1.29, 1.82) is 5.26 Å². The van der Waals surface area contributed by atoms with Gasteiger partial charge in [-0.1, -0.05) is 0 Å². The molecular weight excluding hydrogens is 202 g/mol. The molecule has 0 radical (unpaired) electrons. The van der Waals surface area contributed by atoms with Gasteiger partial charge in [0, 0.05) is 11.9 Å². The molecule has 1 aliphatic rings. The zero-order valence-corrected chi connectivity index (χ0v) is 8.64. The second kappa shape index (κ2) is 3.05. The van der Waals surface area contributed by atoms with Crippen LogP contribution in [-0.4, -0.2) is 11.4 Å². The first kappa shape index (κ1) is 8.60. The number of rotatable bonds is 2. The number of fused-ring (bicyclic) bond motifs is 1. The van der Waals surface area contributed by atoms with Gasteiger partial charge in [-0.15, -0.1) is 12.6 Å². The first-order valence-corrected chi connectivity index (χ1v) is 4.85. The number of hydrogen-bond donors (Lipinski definition) is 1. The van der Waals surface area contributed by atoms with Crippen LogP contribution in [-0.2, 0) is 0 Å². The molecule has 66 valence electrons. The Morgan fingerprint density at radius 3 is 2.92 bits per heavy atom. The fraction of sp³-hybridized carbons (Fsp3) is 0.125. The van der Waals surface area contributed by atoms with Crippen LogP contribution in [0.3, 0.4) is 0 Å². The largest absolute Gasteiger partial charge is 0.262 e. The molecule has 1 aliphatic heterocycles. The third kappa shape index (κ3) is 1.55. The monoisotopic (exact) mass is 209 g/mol. The molecule has 0 atom stereocenters. The van der Waals surface area contributed by atoms with Crippen LogP contribution in [0.2, 0.25) is 0 Å². The Hall–Kier alpha value is -0.990. The van der Waals surface area contributed by atoms with Gasteiger partial charge in [-0.2, -0.15) is 5.26 Å². The minimum atomic E-state index is 0.946. The van der Waals surface area contributed by atoms with Gasteiger partial charge >= 0.3 is 0 Å². The van der Waals surface area contributed by atoms with Crippen LogP contribution in [0.1, 0.15) is 0 Å². The van der Waals surface area contributed by atoms with E-state index >= 15 is 0 Å². The summed E-state index contributed by atoms with van der Waals surface area (Å²) in [5.41, 5.74) is 2.30. The maximum atomic E-state index is 8.56. The van der Waals surface area contributed by atoms with Gasteiger partial charge in [-0.05, 0) is 18.2 Å². The van der Waals surface area contributed by atoms with Gasteiger partial charge < -0.3 is 0 Å². The quantitative estimate of drug-likeness (QED) is 0.266. The van der Waals surface area contributed by atoms with Crippen LogP contribution in [0, 0.1) is 11.5 Å². The van der Waals surface area contributed by atoms with Gasteiger partial charge in [-0.25, -0.2) is 4.31 Å².